The van der Waals surface area contributed by atoms with Crippen LogP contribution in [0.15, 0.2) is 48.5 Å². The lowest BCUT2D eigenvalue weighted by molar-refractivity contribution is 0.886. The minimum atomic E-state index is 0.547. The fraction of sp³-hybridized carbons (Fsp3) is 0.286. The van der Waals surface area contributed by atoms with Gasteiger partial charge in [0.25, 0.3) is 0 Å². The third-order valence-corrected chi connectivity index (χ3v) is 4.63. The van der Waals surface area contributed by atoms with Crippen LogP contribution < -0.4 is 15.5 Å². The van der Waals surface area contributed by atoms with Crippen molar-refractivity contribution in [1.82, 2.24) is 15.0 Å². The van der Waals surface area contributed by atoms with Crippen LogP contribution in [0.1, 0.15) is 24.0 Å². The van der Waals surface area contributed by atoms with Gasteiger partial charge in [-0.2, -0.15) is 15.0 Å². The Morgan fingerprint density at radius 2 is 1.11 bits per heavy atom. The molecule has 0 atom stereocenters. The quantitative estimate of drug-likeness (QED) is 0.694. The summed E-state index contributed by atoms with van der Waals surface area (Å²) in [7, 11) is 0. The number of hydrogen-bond donors (Lipinski definition) is 2. The Bertz CT molecular complexity index is 833. The molecule has 1 aromatic heterocycles. The summed E-state index contributed by atoms with van der Waals surface area (Å²) in [6.45, 7) is 6.11. The maximum atomic E-state index is 4.64. The standard InChI is InChI=1S/C21H24N6/c1-15-5-9-17(10-6-15)22-19-24-20(23-18-11-7-16(2)8-12-18)26-21(25-19)27-13-3-4-14-27/h5-12H,3-4,13-14H2,1-2H3,(H2,22,23,24,25,26). The van der Waals surface area contributed by atoms with Crippen molar-refractivity contribution in [3.63, 3.8) is 0 Å². The smallest absolute Gasteiger partial charge is 0.233 e. The van der Waals surface area contributed by atoms with Crippen LogP contribution in [0.2, 0.25) is 0 Å². The minimum Gasteiger partial charge on any atom is -0.341 e. The molecule has 0 radical (unpaired) electrons. The average Bonchev–Trinajstić information content (AvgIpc) is 3.20. The maximum absolute atomic E-state index is 4.64. The van der Waals surface area contributed by atoms with Crippen LogP contribution in [0.3, 0.4) is 0 Å². The summed E-state index contributed by atoms with van der Waals surface area (Å²) in [6, 6.07) is 16.4. The maximum Gasteiger partial charge on any atom is 0.233 e. The summed E-state index contributed by atoms with van der Waals surface area (Å²) in [5.74, 6) is 1.81. The Hall–Kier alpha value is -3.15. The van der Waals surface area contributed by atoms with Crippen LogP contribution in [0.4, 0.5) is 29.2 Å². The van der Waals surface area contributed by atoms with Gasteiger partial charge in [0.1, 0.15) is 0 Å². The summed E-state index contributed by atoms with van der Waals surface area (Å²) in [5, 5.41) is 6.60. The molecule has 0 unspecified atom stereocenters. The average molecular weight is 360 g/mol. The fourth-order valence-electron chi connectivity index (χ4n) is 3.07. The molecule has 0 amide bonds. The Balaban J connectivity index is 1.63. The van der Waals surface area contributed by atoms with E-state index in [0.717, 1.165) is 24.5 Å². The highest BCUT2D eigenvalue weighted by Gasteiger charge is 2.17. The first-order valence-corrected chi connectivity index (χ1v) is 9.34. The molecular formula is C21H24N6. The number of nitrogens with one attached hydrogen (secondary N) is 2. The normalized spacial score (nSPS) is 13.6. The molecule has 138 valence electrons. The molecule has 3 aromatic rings. The van der Waals surface area contributed by atoms with E-state index in [1.165, 1.54) is 24.0 Å². The van der Waals surface area contributed by atoms with E-state index in [2.05, 4.69) is 68.6 Å². The van der Waals surface area contributed by atoms with Gasteiger partial charge in [0.15, 0.2) is 0 Å². The number of hydrogen-bond acceptors (Lipinski definition) is 6. The van der Waals surface area contributed by atoms with Gasteiger partial charge >= 0.3 is 0 Å². The summed E-state index contributed by atoms with van der Waals surface area (Å²) >= 11 is 0. The number of nitrogens with zero attached hydrogens (tertiary/aromatic N) is 4. The molecule has 0 saturated carbocycles. The van der Waals surface area contributed by atoms with Crippen molar-refractivity contribution in [2.75, 3.05) is 28.6 Å². The summed E-state index contributed by atoms with van der Waals surface area (Å²) in [6.07, 6.45) is 2.35. The molecule has 4 rings (SSSR count). The van der Waals surface area contributed by atoms with E-state index in [-0.39, 0.29) is 0 Å². The molecule has 0 spiro atoms. The van der Waals surface area contributed by atoms with Gasteiger partial charge in [-0.15, -0.1) is 0 Å². The van der Waals surface area contributed by atoms with Crippen molar-refractivity contribution >= 4 is 29.2 Å². The predicted octanol–water partition coefficient (Wildman–Crippen LogP) is 4.58. The molecule has 6 nitrogen and oxygen atoms in total. The molecule has 6 heteroatoms. The van der Waals surface area contributed by atoms with Gasteiger partial charge in [0.2, 0.25) is 17.8 Å². The monoisotopic (exact) mass is 360 g/mol. The first-order chi connectivity index (χ1) is 13.2. The highest BCUT2D eigenvalue weighted by molar-refractivity contribution is 5.59. The molecular weight excluding hydrogens is 336 g/mol. The van der Waals surface area contributed by atoms with Gasteiger partial charge in [0, 0.05) is 24.5 Å². The van der Waals surface area contributed by atoms with Crippen LogP contribution in [-0.2, 0) is 0 Å². The lowest BCUT2D eigenvalue weighted by Crippen LogP contribution is -2.21. The zero-order valence-electron chi connectivity index (χ0n) is 15.7. The Morgan fingerprint density at radius 3 is 1.56 bits per heavy atom. The third-order valence-electron chi connectivity index (χ3n) is 4.63. The van der Waals surface area contributed by atoms with Gasteiger partial charge in [-0.05, 0) is 51.0 Å². The Kier molecular flexibility index (Phi) is 4.87. The van der Waals surface area contributed by atoms with E-state index in [0.29, 0.717) is 17.8 Å². The lowest BCUT2D eigenvalue weighted by Gasteiger charge is -2.17. The van der Waals surface area contributed by atoms with E-state index in [1.807, 2.05) is 24.3 Å². The molecule has 2 heterocycles. The summed E-state index contributed by atoms with van der Waals surface area (Å²) in [4.78, 5) is 16.1. The third kappa shape index (κ3) is 4.34. The molecule has 1 saturated heterocycles. The highest BCUT2D eigenvalue weighted by Crippen LogP contribution is 2.23. The number of benzene rings is 2. The topological polar surface area (TPSA) is 66.0 Å². The van der Waals surface area contributed by atoms with E-state index >= 15 is 0 Å². The van der Waals surface area contributed by atoms with Crippen LogP contribution in [0.5, 0.6) is 0 Å². The van der Waals surface area contributed by atoms with Crippen LogP contribution in [-0.4, -0.2) is 28.0 Å². The second-order valence-electron chi connectivity index (χ2n) is 6.96. The van der Waals surface area contributed by atoms with Gasteiger partial charge in [-0.3, -0.25) is 0 Å². The molecule has 2 aromatic carbocycles. The van der Waals surface area contributed by atoms with Crippen LogP contribution in [0, 0.1) is 13.8 Å². The van der Waals surface area contributed by atoms with Crippen LogP contribution in [0.25, 0.3) is 0 Å². The fourth-order valence-corrected chi connectivity index (χ4v) is 3.07. The minimum absolute atomic E-state index is 0.547. The van der Waals surface area contributed by atoms with Gasteiger partial charge in [-0.1, -0.05) is 35.4 Å². The van der Waals surface area contributed by atoms with Gasteiger partial charge < -0.3 is 15.5 Å². The van der Waals surface area contributed by atoms with Crippen molar-refractivity contribution in [3.05, 3.63) is 59.7 Å². The van der Waals surface area contributed by atoms with Crippen molar-refractivity contribution in [3.8, 4) is 0 Å². The first-order valence-electron chi connectivity index (χ1n) is 9.34. The molecule has 0 aliphatic carbocycles. The van der Waals surface area contributed by atoms with Gasteiger partial charge in [0.05, 0.1) is 0 Å². The van der Waals surface area contributed by atoms with Crippen molar-refractivity contribution in [1.29, 1.82) is 0 Å². The zero-order valence-corrected chi connectivity index (χ0v) is 15.7. The molecule has 27 heavy (non-hydrogen) atoms. The van der Waals surface area contributed by atoms with Crippen molar-refractivity contribution < 1.29 is 0 Å². The molecule has 1 aliphatic heterocycles. The predicted molar refractivity (Wildman–Crippen MR) is 110 cm³/mol. The second kappa shape index (κ2) is 7.61. The summed E-state index contributed by atoms with van der Waals surface area (Å²) in [5.41, 5.74) is 4.35. The summed E-state index contributed by atoms with van der Waals surface area (Å²) < 4.78 is 0. The molecule has 0 bridgehead atoms. The van der Waals surface area contributed by atoms with E-state index in [9.17, 15) is 0 Å². The van der Waals surface area contributed by atoms with Crippen molar-refractivity contribution in [2.24, 2.45) is 0 Å². The number of rotatable bonds is 5. The van der Waals surface area contributed by atoms with E-state index < -0.39 is 0 Å². The zero-order chi connectivity index (χ0) is 18.6. The van der Waals surface area contributed by atoms with E-state index in [4.69, 9.17) is 0 Å². The van der Waals surface area contributed by atoms with Crippen LogP contribution >= 0.6 is 0 Å². The Labute approximate surface area is 159 Å². The largest absolute Gasteiger partial charge is 0.341 e. The van der Waals surface area contributed by atoms with Crippen molar-refractivity contribution in [2.45, 2.75) is 26.7 Å². The lowest BCUT2D eigenvalue weighted by atomic mass is 10.2. The number of anilines is 5. The SMILES string of the molecule is Cc1ccc(Nc2nc(Nc3ccc(C)cc3)nc(N3CCCC3)n2)cc1. The first kappa shape index (κ1) is 17.3. The van der Waals surface area contributed by atoms with E-state index in [1.54, 1.807) is 0 Å². The second-order valence-corrected chi connectivity index (χ2v) is 6.96. The number of aromatic nitrogens is 3. The highest BCUT2D eigenvalue weighted by atomic mass is 15.3. The molecule has 1 fully saturated rings. The molecule has 1 aliphatic rings. The number of aryl methyl sites for hydroxylation is 2. The van der Waals surface area contributed by atoms with Gasteiger partial charge in [-0.25, -0.2) is 0 Å². The Morgan fingerprint density at radius 1 is 0.667 bits per heavy atom. The molecule has 2 N–H and O–H groups in total.